The molecule has 0 aliphatic carbocycles. The van der Waals surface area contributed by atoms with Crippen LogP contribution in [0.1, 0.15) is 35.6 Å². The number of aryl methyl sites for hydroxylation is 2. The van der Waals surface area contributed by atoms with Gasteiger partial charge in [-0.25, -0.2) is 0 Å². The molecule has 0 aliphatic heterocycles. The van der Waals surface area contributed by atoms with Gasteiger partial charge in [-0.3, -0.25) is 4.68 Å². The standard InChI is InChI=1S/C16H20N4OS2/c1-13-11-17-20(12-13)7-3-2-4-8-23-16-19-18-15(21-16)10-14-6-5-9-22-14/h5-6,9,11-12H,2-4,7-8,10H2,1H3. The molecule has 0 radical (unpaired) electrons. The lowest BCUT2D eigenvalue weighted by Crippen LogP contribution is -1.98. The van der Waals surface area contributed by atoms with E-state index in [1.54, 1.807) is 23.1 Å². The van der Waals surface area contributed by atoms with Crippen LogP contribution in [0, 0.1) is 6.92 Å². The van der Waals surface area contributed by atoms with E-state index in [9.17, 15) is 0 Å². The van der Waals surface area contributed by atoms with Crippen LogP contribution in [0.3, 0.4) is 0 Å². The minimum Gasteiger partial charge on any atom is -0.416 e. The molecule has 3 aromatic heterocycles. The Morgan fingerprint density at radius 3 is 3.00 bits per heavy atom. The minimum absolute atomic E-state index is 0.680. The highest BCUT2D eigenvalue weighted by molar-refractivity contribution is 7.99. The van der Waals surface area contributed by atoms with E-state index in [4.69, 9.17) is 4.42 Å². The van der Waals surface area contributed by atoms with Crippen LogP contribution < -0.4 is 0 Å². The van der Waals surface area contributed by atoms with Crippen molar-refractivity contribution in [2.45, 2.75) is 44.4 Å². The summed E-state index contributed by atoms with van der Waals surface area (Å²) < 4.78 is 7.68. The zero-order chi connectivity index (χ0) is 15.9. The van der Waals surface area contributed by atoms with Crippen molar-refractivity contribution in [3.05, 3.63) is 46.2 Å². The highest BCUT2D eigenvalue weighted by Crippen LogP contribution is 2.20. The molecule has 0 amide bonds. The quantitative estimate of drug-likeness (QED) is 0.429. The molecule has 5 nitrogen and oxygen atoms in total. The average Bonchev–Trinajstić information content (AvgIpc) is 3.27. The third kappa shape index (κ3) is 5.21. The molecule has 3 heterocycles. The number of aromatic nitrogens is 4. The normalized spacial score (nSPS) is 11.2. The van der Waals surface area contributed by atoms with Gasteiger partial charge < -0.3 is 4.42 Å². The Bertz CT molecular complexity index is 705. The Kier molecular flexibility index (Phi) is 5.87. The van der Waals surface area contributed by atoms with Gasteiger partial charge in [0.15, 0.2) is 0 Å². The van der Waals surface area contributed by atoms with Gasteiger partial charge in [-0.05, 0) is 36.8 Å². The summed E-state index contributed by atoms with van der Waals surface area (Å²) in [5.41, 5.74) is 1.22. The van der Waals surface area contributed by atoms with Crippen LogP contribution in [0.5, 0.6) is 0 Å². The summed E-state index contributed by atoms with van der Waals surface area (Å²) in [7, 11) is 0. The van der Waals surface area contributed by atoms with Crippen molar-refractivity contribution >= 4 is 23.1 Å². The first-order valence-electron chi connectivity index (χ1n) is 7.76. The number of unbranched alkanes of at least 4 members (excludes halogenated alkanes) is 2. The molecule has 7 heteroatoms. The van der Waals surface area contributed by atoms with Gasteiger partial charge in [0.25, 0.3) is 5.22 Å². The molecule has 122 valence electrons. The maximum Gasteiger partial charge on any atom is 0.276 e. The average molecular weight is 348 g/mol. The molecule has 0 spiro atoms. The second kappa shape index (κ2) is 8.31. The first-order valence-corrected chi connectivity index (χ1v) is 9.63. The largest absolute Gasteiger partial charge is 0.416 e. The zero-order valence-electron chi connectivity index (χ0n) is 13.1. The van der Waals surface area contributed by atoms with Gasteiger partial charge in [-0.2, -0.15) is 5.10 Å². The fraction of sp³-hybridized carbons (Fsp3) is 0.438. The molecular weight excluding hydrogens is 328 g/mol. The Morgan fingerprint density at radius 2 is 2.22 bits per heavy atom. The van der Waals surface area contributed by atoms with Crippen molar-refractivity contribution in [3.63, 3.8) is 0 Å². The molecule has 0 saturated heterocycles. The van der Waals surface area contributed by atoms with E-state index in [2.05, 4.69) is 39.9 Å². The second-order valence-electron chi connectivity index (χ2n) is 5.41. The molecule has 0 unspecified atom stereocenters. The van der Waals surface area contributed by atoms with Crippen LogP contribution >= 0.6 is 23.1 Å². The van der Waals surface area contributed by atoms with Gasteiger partial charge >= 0.3 is 0 Å². The van der Waals surface area contributed by atoms with Gasteiger partial charge in [-0.15, -0.1) is 21.5 Å². The van der Waals surface area contributed by atoms with Gasteiger partial charge in [0.2, 0.25) is 5.89 Å². The summed E-state index contributed by atoms with van der Waals surface area (Å²) in [6.45, 7) is 3.06. The van der Waals surface area contributed by atoms with E-state index >= 15 is 0 Å². The lowest BCUT2D eigenvalue weighted by molar-refractivity contribution is 0.420. The predicted octanol–water partition coefficient (Wildman–Crippen LogP) is 4.19. The first-order chi connectivity index (χ1) is 11.3. The Balaban J connectivity index is 1.31. The lowest BCUT2D eigenvalue weighted by Gasteiger charge is -2.01. The fourth-order valence-corrected chi connectivity index (χ4v) is 3.70. The summed E-state index contributed by atoms with van der Waals surface area (Å²) in [6.07, 6.45) is 8.20. The summed E-state index contributed by atoms with van der Waals surface area (Å²) in [6, 6.07) is 4.12. The van der Waals surface area contributed by atoms with Gasteiger partial charge in [0.1, 0.15) is 0 Å². The zero-order valence-corrected chi connectivity index (χ0v) is 14.8. The molecule has 0 aliphatic rings. The minimum atomic E-state index is 0.680. The predicted molar refractivity (Wildman–Crippen MR) is 93.0 cm³/mol. The van der Waals surface area contributed by atoms with E-state index < -0.39 is 0 Å². The number of thioether (sulfide) groups is 1. The molecule has 3 aromatic rings. The van der Waals surface area contributed by atoms with Crippen LogP contribution in [0.15, 0.2) is 39.5 Å². The molecule has 0 bridgehead atoms. The van der Waals surface area contributed by atoms with Gasteiger partial charge in [0, 0.05) is 23.4 Å². The Hall–Kier alpha value is -1.60. The topological polar surface area (TPSA) is 56.7 Å². The second-order valence-corrected chi connectivity index (χ2v) is 7.49. The summed E-state index contributed by atoms with van der Waals surface area (Å²) in [5.74, 6) is 1.71. The number of rotatable bonds is 9. The van der Waals surface area contributed by atoms with E-state index in [0.29, 0.717) is 11.1 Å². The first kappa shape index (κ1) is 16.3. The maximum absolute atomic E-state index is 5.67. The molecule has 0 fully saturated rings. The van der Waals surface area contributed by atoms with Crippen molar-refractivity contribution < 1.29 is 4.42 Å². The molecular formula is C16H20N4OS2. The molecule has 0 saturated carbocycles. The SMILES string of the molecule is Cc1cnn(CCCCCSc2nnc(Cc3cccs3)o2)c1. The van der Waals surface area contributed by atoms with Crippen molar-refractivity contribution in [2.75, 3.05) is 5.75 Å². The molecule has 0 atom stereocenters. The van der Waals surface area contributed by atoms with Crippen molar-refractivity contribution in [2.24, 2.45) is 0 Å². The molecule has 0 N–H and O–H groups in total. The monoisotopic (exact) mass is 348 g/mol. The number of thiophene rings is 1. The fourth-order valence-electron chi connectivity index (χ4n) is 2.23. The van der Waals surface area contributed by atoms with Crippen LogP contribution in [-0.2, 0) is 13.0 Å². The van der Waals surface area contributed by atoms with E-state index in [0.717, 1.165) is 31.6 Å². The highest BCUT2D eigenvalue weighted by atomic mass is 32.2. The summed E-state index contributed by atoms with van der Waals surface area (Å²) >= 11 is 3.36. The van der Waals surface area contributed by atoms with Crippen molar-refractivity contribution in [3.8, 4) is 0 Å². The van der Waals surface area contributed by atoms with Crippen LogP contribution in [0.25, 0.3) is 0 Å². The third-order valence-electron chi connectivity index (χ3n) is 3.37. The summed E-state index contributed by atoms with van der Waals surface area (Å²) in [4.78, 5) is 1.25. The van der Waals surface area contributed by atoms with E-state index in [-0.39, 0.29) is 0 Å². The van der Waals surface area contributed by atoms with Crippen molar-refractivity contribution in [1.82, 2.24) is 20.0 Å². The van der Waals surface area contributed by atoms with Gasteiger partial charge in [-0.1, -0.05) is 24.2 Å². The van der Waals surface area contributed by atoms with Crippen LogP contribution in [0.4, 0.5) is 0 Å². The molecule has 3 rings (SSSR count). The van der Waals surface area contributed by atoms with E-state index in [1.165, 1.54) is 16.9 Å². The highest BCUT2D eigenvalue weighted by Gasteiger charge is 2.07. The van der Waals surface area contributed by atoms with Crippen molar-refractivity contribution in [1.29, 1.82) is 0 Å². The smallest absolute Gasteiger partial charge is 0.276 e. The van der Waals surface area contributed by atoms with E-state index in [1.807, 2.05) is 16.9 Å². The number of nitrogens with zero attached hydrogens (tertiary/aromatic N) is 4. The molecule has 0 aromatic carbocycles. The van der Waals surface area contributed by atoms with Gasteiger partial charge in [0.05, 0.1) is 12.6 Å². The summed E-state index contributed by atoms with van der Waals surface area (Å²) in [5, 5.41) is 15.2. The third-order valence-corrected chi connectivity index (χ3v) is 5.15. The Labute approximate surface area is 144 Å². The lowest BCUT2D eigenvalue weighted by atomic mass is 10.2. The van der Waals surface area contributed by atoms with Crippen LogP contribution in [0.2, 0.25) is 0 Å². The molecule has 23 heavy (non-hydrogen) atoms. The number of hydrogen-bond donors (Lipinski definition) is 0. The maximum atomic E-state index is 5.67. The van der Waals surface area contributed by atoms with Crippen LogP contribution in [-0.4, -0.2) is 25.7 Å². The Morgan fingerprint density at radius 1 is 1.26 bits per heavy atom. The number of hydrogen-bond acceptors (Lipinski definition) is 6.